The number of halogens is 1. The van der Waals surface area contributed by atoms with E-state index >= 15 is 0 Å². The summed E-state index contributed by atoms with van der Waals surface area (Å²) in [6, 6.07) is 14.0. The third-order valence-electron chi connectivity index (χ3n) is 2.91. The second kappa shape index (κ2) is 6.37. The summed E-state index contributed by atoms with van der Waals surface area (Å²) < 4.78 is 5.74. The zero-order valence-corrected chi connectivity index (χ0v) is 12.5. The Kier molecular flexibility index (Phi) is 4.11. The Hall–Kier alpha value is -3.06. The quantitative estimate of drug-likeness (QED) is 0.682. The van der Waals surface area contributed by atoms with E-state index in [4.69, 9.17) is 22.1 Å². The number of carbonyl (C=O) groups excluding carboxylic acids is 1. The first kappa shape index (κ1) is 14.9. The van der Waals surface area contributed by atoms with Crippen molar-refractivity contribution in [3.63, 3.8) is 0 Å². The van der Waals surface area contributed by atoms with Crippen LogP contribution in [0.1, 0.15) is 10.4 Å². The first-order valence-electron chi connectivity index (χ1n) is 6.64. The molecule has 3 rings (SSSR count). The van der Waals surface area contributed by atoms with Crippen molar-refractivity contribution in [3.05, 3.63) is 59.1 Å². The molecule has 0 spiro atoms. The van der Waals surface area contributed by atoms with E-state index in [9.17, 15) is 4.79 Å². The fraction of sp³-hybridized carbons (Fsp3) is 0. The minimum atomic E-state index is -0.488. The maximum absolute atomic E-state index is 12.5. The number of para-hydroxylation sites is 1. The van der Waals surface area contributed by atoms with Crippen LogP contribution in [0.2, 0.25) is 5.02 Å². The molecule has 0 saturated heterocycles. The van der Waals surface area contributed by atoms with Crippen LogP contribution in [-0.2, 0) is 0 Å². The number of aromatic nitrogens is 3. The van der Waals surface area contributed by atoms with Crippen molar-refractivity contribution in [2.75, 3.05) is 11.1 Å². The summed E-state index contributed by atoms with van der Waals surface area (Å²) in [7, 11) is 0. The molecule has 2 aromatic carbocycles. The van der Waals surface area contributed by atoms with Crippen molar-refractivity contribution >= 4 is 29.4 Å². The van der Waals surface area contributed by atoms with Gasteiger partial charge in [-0.1, -0.05) is 35.9 Å². The van der Waals surface area contributed by atoms with Crippen LogP contribution in [0.5, 0.6) is 11.5 Å². The lowest BCUT2D eigenvalue weighted by molar-refractivity contribution is 0.102. The molecule has 4 N–H and O–H groups in total. The van der Waals surface area contributed by atoms with Gasteiger partial charge in [0.2, 0.25) is 11.9 Å². The average Bonchev–Trinajstić information content (AvgIpc) is 2.93. The predicted molar refractivity (Wildman–Crippen MR) is 86.7 cm³/mol. The van der Waals surface area contributed by atoms with Crippen molar-refractivity contribution in [3.8, 4) is 11.5 Å². The summed E-state index contributed by atoms with van der Waals surface area (Å²) in [6.45, 7) is 0. The molecule has 0 saturated carbocycles. The van der Waals surface area contributed by atoms with E-state index in [2.05, 4.69) is 20.5 Å². The van der Waals surface area contributed by atoms with Crippen molar-refractivity contribution in [2.24, 2.45) is 0 Å². The molecule has 1 amide bonds. The summed E-state index contributed by atoms with van der Waals surface area (Å²) in [6.07, 6.45) is 0. The fourth-order valence-electron chi connectivity index (χ4n) is 1.93. The van der Waals surface area contributed by atoms with Crippen molar-refractivity contribution in [1.29, 1.82) is 0 Å². The Morgan fingerprint density at radius 1 is 1.13 bits per heavy atom. The predicted octanol–water partition coefficient (Wildman–Crippen LogP) is 3.08. The van der Waals surface area contributed by atoms with E-state index in [0.717, 1.165) is 0 Å². The van der Waals surface area contributed by atoms with Crippen LogP contribution in [0.3, 0.4) is 0 Å². The first-order valence-corrected chi connectivity index (χ1v) is 7.02. The highest BCUT2D eigenvalue weighted by Gasteiger charge is 2.18. The van der Waals surface area contributed by atoms with E-state index in [0.29, 0.717) is 11.5 Å². The normalized spacial score (nSPS) is 10.3. The van der Waals surface area contributed by atoms with E-state index in [-0.39, 0.29) is 22.5 Å². The maximum atomic E-state index is 12.5. The van der Waals surface area contributed by atoms with Gasteiger partial charge in [0.15, 0.2) is 0 Å². The topological polar surface area (TPSA) is 106 Å². The molecule has 0 aliphatic carbocycles. The van der Waals surface area contributed by atoms with Gasteiger partial charge in [0.1, 0.15) is 17.1 Å². The standard InChI is InChI=1S/C15H12ClN5O2/c16-10-7-4-8-11(23-9-5-2-1-3-6-9)12(10)13(22)18-15-19-14(17)20-21-15/h1-8H,(H4,17,18,19,20,21,22). The van der Waals surface area contributed by atoms with Gasteiger partial charge < -0.3 is 10.5 Å². The van der Waals surface area contributed by atoms with Gasteiger partial charge in [0.05, 0.1) is 5.02 Å². The van der Waals surface area contributed by atoms with Gasteiger partial charge in [-0.15, -0.1) is 10.2 Å². The van der Waals surface area contributed by atoms with Crippen molar-refractivity contribution in [2.45, 2.75) is 0 Å². The molecular weight excluding hydrogens is 318 g/mol. The van der Waals surface area contributed by atoms with Gasteiger partial charge in [0, 0.05) is 0 Å². The lowest BCUT2D eigenvalue weighted by Gasteiger charge is -2.12. The Morgan fingerprint density at radius 2 is 1.91 bits per heavy atom. The number of aromatic amines is 1. The van der Waals surface area contributed by atoms with Gasteiger partial charge in [-0.2, -0.15) is 0 Å². The SMILES string of the molecule is Nc1nnc(NC(=O)c2c(Cl)cccc2Oc2ccccc2)[nH]1. The molecule has 0 fully saturated rings. The molecule has 0 aliphatic heterocycles. The van der Waals surface area contributed by atoms with Crippen molar-refractivity contribution < 1.29 is 9.53 Å². The number of anilines is 2. The third-order valence-corrected chi connectivity index (χ3v) is 3.22. The number of amides is 1. The molecule has 0 atom stereocenters. The highest BCUT2D eigenvalue weighted by molar-refractivity contribution is 6.34. The van der Waals surface area contributed by atoms with Crippen LogP contribution in [-0.4, -0.2) is 21.1 Å². The Balaban J connectivity index is 1.90. The van der Waals surface area contributed by atoms with Crippen LogP contribution in [0, 0.1) is 0 Å². The van der Waals surface area contributed by atoms with Gasteiger partial charge >= 0.3 is 0 Å². The summed E-state index contributed by atoms with van der Waals surface area (Å²) in [5, 5.41) is 10.0. The summed E-state index contributed by atoms with van der Waals surface area (Å²) in [4.78, 5) is 15.1. The number of nitrogens with zero attached hydrogens (tertiary/aromatic N) is 2. The van der Waals surface area contributed by atoms with E-state index in [1.54, 1.807) is 30.3 Å². The maximum Gasteiger partial charge on any atom is 0.263 e. The van der Waals surface area contributed by atoms with E-state index < -0.39 is 5.91 Å². The summed E-state index contributed by atoms with van der Waals surface area (Å²) >= 11 is 6.15. The smallest absolute Gasteiger partial charge is 0.263 e. The molecule has 8 heteroatoms. The number of carbonyl (C=O) groups is 1. The van der Waals surface area contributed by atoms with Crippen LogP contribution in [0.15, 0.2) is 48.5 Å². The minimum Gasteiger partial charge on any atom is -0.456 e. The number of rotatable bonds is 4. The summed E-state index contributed by atoms with van der Waals surface area (Å²) in [5.41, 5.74) is 5.61. The molecule has 7 nitrogen and oxygen atoms in total. The number of hydrogen-bond acceptors (Lipinski definition) is 5. The van der Waals surface area contributed by atoms with Crippen LogP contribution in [0.25, 0.3) is 0 Å². The molecule has 23 heavy (non-hydrogen) atoms. The molecule has 3 aromatic rings. The van der Waals surface area contributed by atoms with E-state index in [1.807, 2.05) is 18.2 Å². The average molecular weight is 330 g/mol. The number of nitrogens with two attached hydrogens (primary N) is 1. The molecule has 116 valence electrons. The highest BCUT2D eigenvalue weighted by Crippen LogP contribution is 2.30. The van der Waals surface area contributed by atoms with Crippen LogP contribution < -0.4 is 15.8 Å². The lowest BCUT2D eigenvalue weighted by Crippen LogP contribution is -2.14. The Bertz CT molecular complexity index is 835. The van der Waals surface area contributed by atoms with E-state index in [1.165, 1.54) is 0 Å². The fourth-order valence-corrected chi connectivity index (χ4v) is 2.18. The number of ether oxygens (including phenoxy) is 1. The zero-order valence-electron chi connectivity index (χ0n) is 11.8. The van der Waals surface area contributed by atoms with Gasteiger partial charge in [-0.3, -0.25) is 15.1 Å². The zero-order chi connectivity index (χ0) is 16.2. The second-order valence-corrected chi connectivity index (χ2v) is 4.95. The molecule has 1 aromatic heterocycles. The largest absolute Gasteiger partial charge is 0.456 e. The number of benzene rings is 2. The van der Waals surface area contributed by atoms with Gasteiger partial charge in [-0.05, 0) is 24.3 Å². The number of H-pyrrole nitrogens is 1. The molecule has 0 aliphatic rings. The highest BCUT2D eigenvalue weighted by atomic mass is 35.5. The van der Waals surface area contributed by atoms with Crippen molar-refractivity contribution in [1.82, 2.24) is 15.2 Å². The monoisotopic (exact) mass is 329 g/mol. The number of hydrogen-bond donors (Lipinski definition) is 3. The van der Waals surface area contributed by atoms with Gasteiger partial charge in [-0.25, -0.2) is 0 Å². The minimum absolute atomic E-state index is 0.0974. The van der Waals surface area contributed by atoms with Crippen LogP contribution >= 0.6 is 11.6 Å². The Morgan fingerprint density at radius 3 is 2.61 bits per heavy atom. The molecular formula is C15H12ClN5O2. The number of nitrogens with one attached hydrogen (secondary N) is 2. The molecule has 1 heterocycles. The third kappa shape index (κ3) is 3.41. The molecule has 0 unspecified atom stereocenters. The second-order valence-electron chi connectivity index (χ2n) is 4.54. The summed E-state index contributed by atoms with van der Waals surface area (Å²) in [5.74, 6) is 0.650. The lowest BCUT2D eigenvalue weighted by atomic mass is 10.2. The first-order chi connectivity index (χ1) is 11.1. The molecule has 0 radical (unpaired) electrons. The molecule has 0 bridgehead atoms. The number of nitrogen functional groups attached to an aromatic ring is 1. The van der Waals surface area contributed by atoms with Crippen LogP contribution in [0.4, 0.5) is 11.9 Å². The van der Waals surface area contributed by atoms with Gasteiger partial charge in [0.25, 0.3) is 5.91 Å². The Labute approximate surface area is 136 Å².